The molecular weight excluding hydrogens is 883 g/mol. The zero-order valence-electron chi connectivity index (χ0n) is 40.7. The van der Waals surface area contributed by atoms with Gasteiger partial charge >= 0.3 is 0 Å². The summed E-state index contributed by atoms with van der Waals surface area (Å²) in [7, 11) is 0. The number of aromatic nitrogens is 2. The van der Waals surface area contributed by atoms with Gasteiger partial charge < -0.3 is 14.0 Å². The Bertz CT molecular complexity index is 4250. The molecule has 2 aliphatic rings. The van der Waals surface area contributed by atoms with Crippen molar-refractivity contribution in [3.8, 4) is 33.6 Å². The van der Waals surface area contributed by atoms with Crippen LogP contribution in [0.3, 0.4) is 0 Å². The first-order chi connectivity index (χ1) is 36.0. The van der Waals surface area contributed by atoms with E-state index in [1.54, 1.807) is 0 Å². The summed E-state index contributed by atoms with van der Waals surface area (Å²) in [5, 5.41) is 5.02. The summed E-state index contributed by atoms with van der Waals surface area (Å²) in [6, 6.07) is 97.0. The van der Waals surface area contributed by atoms with E-state index in [4.69, 9.17) is 0 Å². The van der Waals surface area contributed by atoms with E-state index in [0.29, 0.717) is 0 Å². The number of nitrogens with zero attached hydrogens (tertiary/aromatic N) is 3. The van der Waals surface area contributed by atoms with Crippen LogP contribution in [0.2, 0.25) is 0 Å². The Balaban J connectivity index is 0.945. The van der Waals surface area contributed by atoms with E-state index in [0.717, 1.165) is 22.7 Å². The Morgan fingerprint density at radius 3 is 1.41 bits per heavy atom. The number of fused-ring (bicyclic) bond motifs is 12. The van der Waals surface area contributed by atoms with Crippen molar-refractivity contribution in [1.82, 2.24) is 9.13 Å². The van der Waals surface area contributed by atoms with Crippen molar-refractivity contribution in [2.45, 2.75) is 24.7 Å². The van der Waals surface area contributed by atoms with Crippen LogP contribution >= 0.6 is 0 Å². The molecule has 0 fully saturated rings. The molecule has 11 aromatic carbocycles. The van der Waals surface area contributed by atoms with Gasteiger partial charge in [-0.25, -0.2) is 0 Å². The van der Waals surface area contributed by atoms with Gasteiger partial charge in [-0.1, -0.05) is 190 Å². The van der Waals surface area contributed by atoms with Gasteiger partial charge in [0.05, 0.1) is 27.5 Å². The molecule has 2 aliphatic carbocycles. The summed E-state index contributed by atoms with van der Waals surface area (Å²) < 4.78 is 4.86. The second-order valence-corrected chi connectivity index (χ2v) is 20.4. The van der Waals surface area contributed by atoms with E-state index in [9.17, 15) is 0 Å². The average molecular weight is 932 g/mol. The Kier molecular flexibility index (Phi) is 8.92. The van der Waals surface area contributed by atoms with Gasteiger partial charge in [0, 0.05) is 55.4 Å². The van der Waals surface area contributed by atoms with Crippen molar-refractivity contribution >= 4 is 60.7 Å². The summed E-state index contributed by atoms with van der Waals surface area (Å²) in [4.78, 5) is 2.47. The quantitative estimate of drug-likeness (QED) is 0.155. The number of rotatable bonds is 7. The molecule has 0 N–H and O–H groups in total. The largest absolute Gasteiger partial charge is 0.310 e. The van der Waals surface area contributed by atoms with Gasteiger partial charge in [-0.15, -0.1) is 0 Å². The lowest BCUT2D eigenvalue weighted by molar-refractivity contribution is 0.661. The standard InChI is InChI=1S/C70H49N3/c1-69(2)61-41-40-52(43-58(61)59-44-60-57-30-13-18-35-67(57)72(68(60)45-64(59)69)48-22-7-4-8-23-48)71(50-24-19-25-51(42-50)73-65-33-16-11-28-55(65)56-29-12-17-34-66(56)73)49-38-36-47(37-39-49)70(46-20-5-3-6-21-46)62-31-14-9-26-53(62)54-27-10-15-32-63(54)70/h3-45H,1-2H3. The van der Waals surface area contributed by atoms with Crippen LogP contribution < -0.4 is 4.90 Å². The van der Waals surface area contributed by atoms with Crippen LogP contribution in [-0.4, -0.2) is 9.13 Å². The van der Waals surface area contributed by atoms with Crippen molar-refractivity contribution in [2.24, 2.45) is 0 Å². The molecule has 0 amide bonds. The monoisotopic (exact) mass is 931 g/mol. The van der Waals surface area contributed by atoms with Gasteiger partial charge in [0.25, 0.3) is 0 Å². The van der Waals surface area contributed by atoms with E-state index < -0.39 is 5.41 Å². The Hall–Kier alpha value is -9.18. The number of hydrogen-bond acceptors (Lipinski definition) is 1. The average Bonchev–Trinajstić information content (AvgIpc) is 4.13. The minimum absolute atomic E-state index is 0.224. The van der Waals surface area contributed by atoms with Gasteiger partial charge in [-0.2, -0.15) is 0 Å². The molecule has 0 saturated carbocycles. The van der Waals surface area contributed by atoms with Crippen molar-refractivity contribution in [2.75, 3.05) is 4.90 Å². The smallest absolute Gasteiger partial charge is 0.0713 e. The summed E-state index contributed by atoms with van der Waals surface area (Å²) >= 11 is 0. The lowest BCUT2D eigenvalue weighted by Crippen LogP contribution is -2.28. The Morgan fingerprint density at radius 2 is 0.767 bits per heavy atom. The zero-order valence-corrected chi connectivity index (χ0v) is 40.7. The highest BCUT2D eigenvalue weighted by atomic mass is 15.1. The highest BCUT2D eigenvalue weighted by molar-refractivity contribution is 6.12. The second-order valence-electron chi connectivity index (χ2n) is 20.4. The van der Waals surface area contributed by atoms with Crippen LogP contribution in [0.4, 0.5) is 17.1 Å². The first kappa shape index (κ1) is 41.6. The third-order valence-corrected chi connectivity index (χ3v) is 16.4. The predicted molar refractivity (Wildman–Crippen MR) is 305 cm³/mol. The highest BCUT2D eigenvalue weighted by Crippen LogP contribution is 2.57. The molecule has 2 aromatic heterocycles. The Morgan fingerprint density at radius 1 is 0.288 bits per heavy atom. The predicted octanol–water partition coefficient (Wildman–Crippen LogP) is 18.0. The first-order valence-corrected chi connectivity index (χ1v) is 25.5. The fourth-order valence-electron chi connectivity index (χ4n) is 13.2. The van der Waals surface area contributed by atoms with Crippen LogP contribution in [0.5, 0.6) is 0 Å². The van der Waals surface area contributed by atoms with Gasteiger partial charge in [0.1, 0.15) is 0 Å². The van der Waals surface area contributed by atoms with Crippen molar-refractivity contribution < 1.29 is 0 Å². The molecule has 13 aromatic rings. The van der Waals surface area contributed by atoms with Crippen LogP contribution in [0.1, 0.15) is 47.2 Å². The van der Waals surface area contributed by atoms with E-state index in [1.807, 2.05) is 0 Å². The maximum absolute atomic E-state index is 2.48. The maximum Gasteiger partial charge on any atom is 0.0713 e. The SMILES string of the molecule is CC1(C)c2ccc(N(c3ccc(C4(c5ccccc5)c5ccccc5-c5ccccc54)cc3)c3cccc(-n4c5ccccc5c5ccccc54)c3)cc2-c2cc3c4ccccc4n(-c4ccccc4)c3cc21. The van der Waals surface area contributed by atoms with Crippen molar-refractivity contribution in [1.29, 1.82) is 0 Å². The van der Waals surface area contributed by atoms with Crippen LogP contribution in [0.15, 0.2) is 261 Å². The molecular formula is C70H49N3. The molecule has 3 heteroatoms. The topological polar surface area (TPSA) is 13.1 Å². The molecule has 0 radical (unpaired) electrons. The lowest BCUT2D eigenvalue weighted by atomic mass is 9.68. The molecule has 73 heavy (non-hydrogen) atoms. The van der Waals surface area contributed by atoms with Gasteiger partial charge in [-0.05, 0) is 141 Å². The van der Waals surface area contributed by atoms with Gasteiger partial charge in [-0.3, -0.25) is 0 Å². The van der Waals surface area contributed by atoms with Crippen molar-refractivity contribution in [3.05, 3.63) is 294 Å². The molecule has 3 nitrogen and oxygen atoms in total. The minimum atomic E-state index is -0.494. The molecule has 0 bridgehead atoms. The van der Waals surface area contributed by atoms with Crippen molar-refractivity contribution in [3.63, 3.8) is 0 Å². The summed E-state index contributed by atoms with van der Waals surface area (Å²) in [5.74, 6) is 0. The van der Waals surface area contributed by atoms with Gasteiger partial charge in [0.2, 0.25) is 0 Å². The molecule has 0 unspecified atom stereocenters. The summed E-state index contributed by atoms with van der Waals surface area (Å²) in [5.41, 5.74) is 22.6. The fourth-order valence-corrected chi connectivity index (χ4v) is 13.2. The van der Waals surface area contributed by atoms with E-state index >= 15 is 0 Å². The molecule has 2 heterocycles. The molecule has 344 valence electrons. The minimum Gasteiger partial charge on any atom is -0.310 e. The normalized spacial score (nSPS) is 13.8. The number of benzene rings is 11. The van der Waals surface area contributed by atoms with E-state index in [2.05, 4.69) is 289 Å². The molecule has 0 spiro atoms. The second kappa shape index (κ2) is 15.7. The third-order valence-electron chi connectivity index (χ3n) is 16.4. The molecule has 0 saturated heterocycles. The fraction of sp³-hybridized carbons (Fsp3) is 0.0571. The van der Waals surface area contributed by atoms with E-state index in [-0.39, 0.29) is 5.41 Å². The maximum atomic E-state index is 2.48. The van der Waals surface area contributed by atoms with Crippen LogP contribution in [0.25, 0.3) is 77.2 Å². The summed E-state index contributed by atoms with van der Waals surface area (Å²) in [6.07, 6.45) is 0. The van der Waals surface area contributed by atoms with Gasteiger partial charge in [0.15, 0.2) is 0 Å². The number of hydrogen-bond donors (Lipinski definition) is 0. The Labute approximate surface area is 425 Å². The third kappa shape index (κ3) is 5.88. The van der Waals surface area contributed by atoms with Crippen LogP contribution in [0, 0.1) is 0 Å². The highest BCUT2D eigenvalue weighted by Gasteiger charge is 2.46. The molecule has 0 aliphatic heterocycles. The number of anilines is 3. The lowest BCUT2D eigenvalue weighted by Gasteiger charge is -2.34. The number of para-hydroxylation sites is 4. The van der Waals surface area contributed by atoms with Crippen LogP contribution in [-0.2, 0) is 10.8 Å². The zero-order chi connectivity index (χ0) is 48.4. The van der Waals surface area contributed by atoms with E-state index in [1.165, 1.54) is 105 Å². The first-order valence-electron chi connectivity index (χ1n) is 25.5. The molecule has 0 atom stereocenters. The summed E-state index contributed by atoms with van der Waals surface area (Å²) in [6.45, 7) is 4.79. The molecule has 15 rings (SSSR count).